The molecule has 0 aliphatic rings. The summed E-state index contributed by atoms with van der Waals surface area (Å²) in [4.78, 5) is 11.9. The van der Waals surface area contributed by atoms with Crippen molar-refractivity contribution in [2.75, 3.05) is 5.32 Å². The average Bonchev–Trinajstić information content (AvgIpc) is 2.70. The van der Waals surface area contributed by atoms with Crippen molar-refractivity contribution in [2.45, 2.75) is 27.3 Å². The molecule has 0 saturated heterocycles. The molecule has 0 saturated carbocycles. The van der Waals surface area contributed by atoms with Crippen LogP contribution in [0.2, 0.25) is 0 Å². The van der Waals surface area contributed by atoms with E-state index in [0.717, 1.165) is 16.8 Å². The Morgan fingerprint density at radius 1 is 1.28 bits per heavy atom. The van der Waals surface area contributed by atoms with Crippen molar-refractivity contribution in [2.24, 2.45) is 0 Å². The van der Waals surface area contributed by atoms with E-state index in [4.69, 9.17) is 0 Å². The third-order valence-electron chi connectivity index (χ3n) is 2.75. The Morgan fingerprint density at radius 3 is 2.50 bits per heavy atom. The number of aromatic nitrogens is 4. The number of benzene rings is 1. The third kappa shape index (κ3) is 2.53. The molecule has 1 aromatic carbocycles. The second-order valence-corrected chi connectivity index (χ2v) is 4.20. The summed E-state index contributed by atoms with van der Waals surface area (Å²) in [5, 5.41) is 13.9. The number of rotatable bonds is 3. The lowest BCUT2D eigenvalue weighted by atomic mass is 10.1. The molecule has 94 valence electrons. The van der Waals surface area contributed by atoms with Crippen LogP contribution >= 0.6 is 0 Å². The van der Waals surface area contributed by atoms with Gasteiger partial charge in [-0.05, 0) is 42.3 Å². The SMILES string of the molecule is Cc1cccc(C)c1NC(=O)Cn1nnnc1C. The lowest BCUT2D eigenvalue weighted by molar-refractivity contribution is -0.117. The summed E-state index contributed by atoms with van der Waals surface area (Å²) in [5.41, 5.74) is 2.93. The Bertz CT molecular complexity index is 555. The molecule has 2 aromatic rings. The summed E-state index contributed by atoms with van der Waals surface area (Å²) in [7, 11) is 0. The van der Waals surface area contributed by atoms with E-state index in [1.165, 1.54) is 4.68 Å². The van der Waals surface area contributed by atoms with E-state index >= 15 is 0 Å². The molecular weight excluding hydrogens is 230 g/mol. The number of hydrogen-bond acceptors (Lipinski definition) is 4. The zero-order chi connectivity index (χ0) is 13.1. The molecule has 2 rings (SSSR count). The van der Waals surface area contributed by atoms with Crippen LogP contribution in [0.1, 0.15) is 17.0 Å². The quantitative estimate of drug-likeness (QED) is 0.883. The molecule has 0 atom stereocenters. The highest BCUT2D eigenvalue weighted by Gasteiger charge is 2.10. The van der Waals surface area contributed by atoms with Crippen LogP contribution in [0.15, 0.2) is 18.2 Å². The van der Waals surface area contributed by atoms with E-state index in [2.05, 4.69) is 20.8 Å². The van der Waals surface area contributed by atoms with Crippen molar-refractivity contribution < 1.29 is 4.79 Å². The first kappa shape index (κ1) is 12.2. The van der Waals surface area contributed by atoms with E-state index in [9.17, 15) is 4.79 Å². The lowest BCUT2D eigenvalue weighted by Gasteiger charge is -2.11. The summed E-state index contributed by atoms with van der Waals surface area (Å²) in [6.07, 6.45) is 0. The Morgan fingerprint density at radius 2 is 1.94 bits per heavy atom. The van der Waals surface area contributed by atoms with Crippen molar-refractivity contribution in [1.29, 1.82) is 0 Å². The van der Waals surface area contributed by atoms with Gasteiger partial charge in [0.2, 0.25) is 5.91 Å². The summed E-state index contributed by atoms with van der Waals surface area (Å²) < 4.78 is 1.46. The van der Waals surface area contributed by atoms with Crippen LogP contribution in [-0.2, 0) is 11.3 Å². The molecule has 1 N–H and O–H groups in total. The van der Waals surface area contributed by atoms with Crippen LogP contribution in [0.4, 0.5) is 5.69 Å². The fourth-order valence-electron chi connectivity index (χ4n) is 1.72. The molecule has 18 heavy (non-hydrogen) atoms. The third-order valence-corrected chi connectivity index (χ3v) is 2.75. The van der Waals surface area contributed by atoms with Crippen LogP contribution in [0.25, 0.3) is 0 Å². The molecule has 0 bridgehead atoms. The Hall–Kier alpha value is -2.24. The predicted molar refractivity (Wildman–Crippen MR) is 67.1 cm³/mol. The van der Waals surface area contributed by atoms with Gasteiger partial charge >= 0.3 is 0 Å². The normalized spacial score (nSPS) is 10.4. The van der Waals surface area contributed by atoms with Crippen LogP contribution in [0.3, 0.4) is 0 Å². The van der Waals surface area contributed by atoms with Gasteiger partial charge in [-0.2, -0.15) is 0 Å². The zero-order valence-corrected chi connectivity index (χ0v) is 10.6. The number of nitrogens with zero attached hydrogens (tertiary/aromatic N) is 4. The first-order valence-electron chi connectivity index (χ1n) is 5.67. The van der Waals surface area contributed by atoms with Gasteiger partial charge in [0.05, 0.1) is 0 Å². The van der Waals surface area contributed by atoms with Crippen LogP contribution in [-0.4, -0.2) is 26.1 Å². The van der Waals surface area contributed by atoms with Crippen molar-refractivity contribution in [3.8, 4) is 0 Å². The Labute approximate surface area is 105 Å². The largest absolute Gasteiger partial charge is 0.324 e. The Kier molecular flexibility index (Phi) is 3.36. The van der Waals surface area contributed by atoms with E-state index in [1.807, 2.05) is 32.0 Å². The molecule has 1 aromatic heterocycles. The maximum Gasteiger partial charge on any atom is 0.246 e. The number of aryl methyl sites for hydroxylation is 3. The highest BCUT2D eigenvalue weighted by atomic mass is 16.2. The average molecular weight is 245 g/mol. The van der Waals surface area contributed by atoms with E-state index in [1.54, 1.807) is 6.92 Å². The van der Waals surface area contributed by atoms with Gasteiger partial charge in [-0.3, -0.25) is 4.79 Å². The summed E-state index contributed by atoms with van der Waals surface area (Å²) in [6, 6.07) is 5.89. The van der Waals surface area contributed by atoms with Gasteiger partial charge in [0.15, 0.2) is 0 Å². The van der Waals surface area contributed by atoms with Crippen molar-refractivity contribution in [3.05, 3.63) is 35.2 Å². The minimum absolute atomic E-state index is 0.118. The molecule has 1 heterocycles. The van der Waals surface area contributed by atoms with Gasteiger partial charge in [-0.25, -0.2) is 4.68 Å². The van der Waals surface area contributed by atoms with Gasteiger partial charge in [-0.15, -0.1) is 5.10 Å². The van der Waals surface area contributed by atoms with E-state index in [-0.39, 0.29) is 12.5 Å². The lowest BCUT2D eigenvalue weighted by Crippen LogP contribution is -2.21. The standard InChI is InChI=1S/C12H15N5O/c1-8-5-4-6-9(2)12(8)13-11(18)7-17-10(3)14-15-16-17/h4-6H,7H2,1-3H3,(H,13,18). The van der Waals surface area contributed by atoms with Crippen molar-refractivity contribution in [3.63, 3.8) is 0 Å². The molecule has 0 aliphatic carbocycles. The number of anilines is 1. The molecule has 0 spiro atoms. The summed E-state index contributed by atoms with van der Waals surface area (Å²) >= 11 is 0. The highest BCUT2D eigenvalue weighted by Crippen LogP contribution is 2.19. The summed E-state index contributed by atoms with van der Waals surface area (Å²) in [5.74, 6) is 0.481. The highest BCUT2D eigenvalue weighted by molar-refractivity contribution is 5.92. The predicted octanol–water partition coefficient (Wildman–Crippen LogP) is 1.24. The maximum atomic E-state index is 11.9. The summed E-state index contributed by atoms with van der Waals surface area (Å²) in [6.45, 7) is 5.80. The van der Waals surface area contributed by atoms with E-state index < -0.39 is 0 Å². The first-order valence-corrected chi connectivity index (χ1v) is 5.67. The molecule has 0 aliphatic heterocycles. The van der Waals surface area contributed by atoms with Crippen LogP contribution in [0, 0.1) is 20.8 Å². The van der Waals surface area contributed by atoms with Gasteiger partial charge in [0.25, 0.3) is 0 Å². The number of nitrogens with one attached hydrogen (secondary N) is 1. The number of carbonyl (C=O) groups excluding carboxylic acids is 1. The number of para-hydroxylation sites is 1. The van der Waals surface area contributed by atoms with Crippen molar-refractivity contribution in [1.82, 2.24) is 20.2 Å². The van der Waals surface area contributed by atoms with Gasteiger partial charge in [0, 0.05) is 5.69 Å². The van der Waals surface area contributed by atoms with Crippen LogP contribution in [0.5, 0.6) is 0 Å². The topological polar surface area (TPSA) is 72.7 Å². The second-order valence-electron chi connectivity index (χ2n) is 4.20. The number of carbonyl (C=O) groups is 1. The molecular formula is C12H15N5O. The molecule has 0 fully saturated rings. The molecule has 6 nitrogen and oxygen atoms in total. The molecule has 0 radical (unpaired) electrons. The van der Waals surface area contributed by atoms with Gasteiger partial charge in [-0.1, -0.05) is 18.2 Å². The smallest absolute Gasteiger partial charge is 0.246 e. The van der Waals surface area contributed by atoms with Crippen molar-refractivity contribution >= 4 is 11.6 Å². The minimum Gasteiger partial charge on any atom is -0.324 e. The molecule has 6 heteroatoms. The second kappa shape index (κ2) is 4.95. The van der Waals surface area contributed by atoms with Crippen LogP contribution < -0.4 is 5.32 Å². The van der Waals surface area contributed by atoms with E-state index in [0.29, 0.717) is 5.82 Å². The molecule has 1 amide bonds. The minimum atomic E-state index is -0.136. The number of hydrogen-bond donors (Lipinski definition) is 1. The monoisotopic (exact) mass is 245 g/mol. The van der Waals surface area contributed by atoms with Gasteiger partial charge in [0.1, 0.15) is 12.4 Å². The number of tetrazole rings is 1. The maximum absolute atomic E-state index is 11.9. The fourth-order valence-corrected chi connectivity index (χ4v) is 1.72. The zero-order valence-electron chi connectivity index (χ0n) is 10.6. The number of amides is 1. The van der Waals surface area contributed by atoms with Gasteiger partial charge < -0.3 is 5.32 Å². The fraction of sp³-hybridized carbons (Fsp3) is 0.333. The Balaban J connectivity index is 2.10. The first-order chi connectivity index (χ1) is 8.58. The molecule has 0 unspecified atom stereocenters.